The Kier molecular flexibility index (Phi) is 10.8. The third kappa shape index (κ3) is 10.3. The van der Waals surface area contributed by atoms with Crippen LogP contribution in [0.1, 0.15) is 22.4 Å². The van der Waals surface area contributed by atoms with E-state index >= 15 is 0 Å². The number of hydrogen-bond donors (Lipinski definition) is 2. The zero-order chi connectivity index (χ0) is 29.2. The number of pyridine rings is 2. The highest BCUT2D eigenvalue weighted by atomic mass is 19.4. The van der Waals surface area contributed by atoms with E-state index in [0.29, 0.717) is 6.54 Å². The van der Waals surface area contributed by atoms with Crippen molar-refractivity contribution in [2.45, 2.75) is 38.3 Å². The summed E-state index contributed by atoms with van der Waals surface area (Å²) in [6.07, 6.45) is -1.26. The number of alkyl halides is 6. The molecule has 1 aliphatic rings. The van der Waals surface area contributed by atoms with Crippen molar-refractivity contribution in [3.05, 3.63) is 88.0 Å². The fourth-order valence-electron chi connectivity index (χ4n) is 3.48. The average Bonchev–Trinajstić information content (AvgIpc) is 3.28. The quantitative estimate of drug-likeness (QED) is 0.460. The lowest BCUT2D eigenvalue weighted by Gasteiger charge is -2.18. The SMILES string of the molecule is O=C(O)C(F)(F)F.O=C(O)C(F)(F)F.O=c1ccc2c(n1Cc1ccncc1)CCN(Cc1ccoc1)CC2. The van der Waals surface area contributed by atoms with Crippen molar-refractivity contribution in [3.8, 4) is 0 Å². The van der Waals surface area contributed by atoms with Gasteiger partial charge in [-0.15, -0.1) is 0 Å². The Morgan fingerprint density at radius 2 is 1.41 bits per heavy atom. The van der Waals surface area contributed by atoms with Crippen molar-refractivity contribution in [1.82, 2.24) is 14.5 Å². The normalized spacial score (nSPS) is 13.6. The molecule has 0 aromatic carbocycles. The van der Waals surface area contributed by atoms with Crippen LogP contribution >= 0.6 is 0 Å². The Hall–Kier alpha value is -4.14. The van der Waals surface area contributed by atoms with Gasteiger partial charge in [0.15, 0.2) is 0 Å². The lowest BCUT2D eigenvalue weighted by molar-refractivity contribution is -0.193. The van der Waals surface area contributed by atoms with E-state index in [-0.39, 0.29) is 5.56 Å². The van der Waals surface area contributed by atoms with Gasteiger partial charge in [0.05, 0.1) is 19.1 Å². The van der Waals surface area contributed by atoms with Crippen LogP contribution in [-0.2, 0) is 35.5 Å². The molecule has 15 heteroatoms. The molecule has 0 unspecified atom stereocenters. The number of carboxylic acids is 2. The predicted molar refractivity (Wildman–Crippen MR) is 123 cm³/mol. The molecule has 3 aromatic rings. The van der Waals surface area contributed by atoms with Crippen molar-refractivity contribution in [2.75, 3.05) is 13.1 Å². The highest BCUT2D eigenvalue weighted by Crippen LogP contribution is 2.18. The highest BCUT2D eigenvalue weighted by Gasteiger charge is 2.38. The van der Waals surface area contributed by atoms with Crippen LogP contribution in [0, 0.1) is 0 Å². The molecule has 2 N–H and O–H groups in total. The number of fused-ring (bicyclic) bond motifs is 1. The molecule has 0 atom stereocenters. The summed E-state index contributed by atoms with van der Waals surface area (Å²) in [6, 6.07) is 9.65. The molecule has 4 heterocycles. The van der Waals surface area contributed by atoms with Gasteiger partial charge in [-0.2, -0.15) is 26.3 Å². The second-order valence-corrected chi connectivity index (χ2v) is 8.10. The van der Waals surface area contributed by atoms with Crippen LogP contribution in [-0.4, -0.2) is 62.0 Å². The molecule has 212 valence electrons. The molecular weight excluding hydrogens is 540 g/mol. The first-order valence-electron chi connectivity index (χ1n) is 11.1. The molecule has 0 saturated heterocycles. The van der Waals surface area contributed by atoms with Crippen LogP contribution in [0.4, 0.5) is 26.3 Å². The van der Waals surface area contributed by atoms with Crippen LogP contribution in [0.2, 0.25) is 0 Å². The first kappa shape index (κ1) is 31.1. The molecule has 0 radical (unpaired) electrons. The maximum Gasteiger partial charge on any atom is 0.490 e. The lowest BCUT2D eigenvalue weighted by Crippen LogP contribution is -2.27. The van der Waals surface area contributed by atoms with E-state index in [4.69, 9.17) is 24.2 Å². The van der Waals surface area contributed by atoms with Gasteiger partial charge in [-0.3, -0.25) is 14.7 Å². The van der Waals surface area contributed by atoms with E-state index in [1.54, 1.807) is 31.0 Å². The summed E-state index contributed by atoms with van der Waals surface area (Å²) in [7, 11) is 0. The zero-order valence-electron chi connectivity index (χ0n) is 20.1. The fourth-order valence-corrected chi connectivity index (χ4v) is 3.48. The minimum absolute atomic E-state index is 0.0684. The van der Waals surface area contributed by atoms with Gasteiger partial charge in [0.25, 0.3) is 5.56 Å². The number of hydrogen-bond acceptors (Lipinski definition) is 6. The Balaban J connectivity index is 0.000000317. The standard InChI is InChI=1S/C20H21N3O2.2C2HF3O2/c24-20-2-1-18-5-10-22(13-17-7-12-25-15-17)11-6-19(18)23(20)14-16-3-8-21-9-4-16;2*3-2(4,5)1(6)7/h1-4,7-9,12,15H,5-6,10-11,13-14H2;2*(H,6,7). The monoisotopic (exact) mass is 563 g/mol. The number of nitrogens with zero attached hydrogens (tertiary/aromatic N) is 3. The molecule has 0 bridgehead atoms. The third-order valence-electron chi connectivity index (χ3n) is 5.31. The smallest absolute Gasteiger partial charge is 0.475 e. The van der Waals surface area contributed by atoms with Crippen LogP contribution < -0.4 is 5.56 Å². The second-order valence-electron chi connectivity index (χ2n) is 8.10. The van der Waals surface area contributed by atoms with Gasteiger partial charge in [0.2, 0.25) is 0 Å². The maximum absolute atomic E-state index is 12.5. The number of furan rings is 1. The number of carbonyl (C=O) groups is 2. The first-order valence-corrected chi connectivity index (χ1v) is 11.1. The number of carboxylic acid groups (broad SMARTS) is 2. The summed E-state index contributed by atoms with van der Waals surface area (Å²) in [6.45, 7) is 3.43. The number of aliphatic carboxylic acids is 2. The maximum atomic E-state index is 12.5. The molecule has 3 aromatic heterocycles. The topological polar surface area (TPSA) is 126 Å². The first-order chi connectivity index (χ1) is 18.2. The predicted octanol–water partition coefficient (Wildman–Crippen LogP) is 3.75. The van der Waals surface area contributed by atoms with Gasteiger partial charge >= 0.3 is 24.3 Å². The lowest BCUT2D eigenvalue weighted by atomic mass is 10.1. The van der Waals surface area contributed by atoms with Crippen LogP contribution in [0.5, 0.6) is 0 Å². The molecule has 0 saturated carbocycles. The highest BCUT2D eigenvalue weighted by molar-refractivity contribution is 5.73. The van der Waals surface area contributed by atoms with Crippen molar-refractivity contribution < 1.29 is 50.6 Å². The van der Waals surface area contributed by atoms with Gasteiger partial charge in [-0.25, -0.2) is 9.59 Å². The minimum atomic E-state index is -5.08. The van der Waals surface area contributed by atoms with Gasteiger partial charge < -0.3 is 19.2 Å². The molecule has 1 aliphatic heterocycles. The molecule has 39 heavy (non-hydrogen) atoms. The summed E-state index contributed by atoms with van der Waals surface area (Å²) < 4.78 is 70.6. The summed E-state index contributed by atoms with van der Waals surface area (Å²) in [5.74, 6) is -5.51. The summed E-state index contributed by atoms with van der Waals surface area (Å²) in [4.78, 5) is 36.7. The van der Waals surface area contributed by atoms with Crippen molar-refractivity contribution in [1.29, 1.82) is 0 Å². The van der Waals surface area contributed by atoms with Crippen molar-refractivity contribution in [3.63, 3.8) is 0 Å². The number of halogens is 6. The zero-order valence-corrected chi connectivity index (χ0v) is 20.1. The third-order valence-corrected chi connectivity index (χ3v) is 5.31. The van der Waals surface area contributed by atoms with Gasteiger partial charge in [0, 0.05) is 55.8 Å². The second kappa shape index (κ2) is 13.6. The summed E-state index contributed by atoms with van der Waals surface area (Å²) in [5, 5.41) is 14.2. The fraction of sp³-hybridized carbons (Fsp3) is 0.333. The Morgan fingerprint density at radius 3 is 1.92 bits per heavy atom. The van der Waals surface area contributed by atoms with E-state index in [1.807, 2.05) is 28.8 Å². The van der Waals surface area contributed by atoms with Crippen molar-refractivity contribution >= 4 is 11.9 Å². The molecule has 0 amide bonds. The van der Waals surface area contributed by atoms with Gasteiger partial charge in [-0.05, 0) is 35.7 Å². The van der Waals surface area contributed by atoms with Crippen molar-refractivity contribution in [2.24, 2.45) is 0 Å². The summed E-state index contributed by atoms with van der Waals surface area (Å²) in [5.41, 5.74) is 4.81. The van der Waals surface area contributed by atoms with E-state index < -0.39 is 24.3 Å². The minimum Gasteiger partial charge on any atom is -0.475 e. The average molecular weight is 563 g/mol. The van der Waals surface area contributed by atoms with Gasteiger partial charge in [-0.1, -0.05) is 6.07 Å². The van der Waals surface area contributed by atoms with E-state index in [2.05, 4.69) is 9.88 Å². The van der Waals surface area contributed by atoms with Gasteiger partial charge in [0.1, 0.15) is 0 Å². The van der Waals surface area contributed by atoms with E-state index in [1.165, 1.54) is 16.8 Å². The molecule has 4 rings (SSSR count). The largest absolute Gasteiger partial charge is 0.490 e. The molecule has 0 aliphatic carbocycles. The number of aromatic nitrogens is 2. The summed E-state index contributed by atoms with van der Waals surface area (Å²) >= 11 is 0. The molecule has 0 fully saturated rings. The Bertz CT molecular complexity index is 1250. The Morgan fingerprint density at radius 1 is 0.846 bits per heavy atom. The van der Waals surface area contributed by atoms with E-state index in [0.717, 1.165) is 38.0 Å². The Labute approximate surface area is 216 Å². The molecule has 9 nitrogen and oxygen atoms in total. The molecular formula is C24H23F6N3O6. The molecule has 0 spiro atoms. The van der Waals surface area contributed by atoms with Crippen LogP contribution in [0.15, 0.2) is 64.5 Å². The number of rotatable bonds is 4. The van der Waals surface area contributed by atoms with Crippen LogP contribution in [0.3, 0.4) is 0 Å². The van der Waals surface area contributed by atoms with Crippen LogP contribution in [0.25, 0.3) is 0 Å². The van der Waals surface area contributed by atoms with E-state index in [9.17, 15) is 31.1 Å².